The van der Waals surface area contributed by atoms with Gasteiger partial charge in [0.05, 0.1) is 17.6 Å². The van der Waals surface area contributed by atoms with Gasteiger partial charge in [0.15, 0.2) is 0 Å². The van der Waals surface area contributed by atoms with E-state index in [9.17, 15) is 4.79 Å². The van der Waals surface area contributed by atoms with Crippen LogP contribution < -0.4 is 5.32 Å². The average molecular weight is 344 g/mol. The second-order valence-corrected chi connectivity index (χ2v) is 8.28. The Hall–Kier alpha value is -1.69. The average Bonchev–Trinajstić information content (AvgIpc) is 3.38. The molecule has 24 heavy (non-hydrogen) atoms. The molecule has 0 spiro atoms. The van der Waals surface area contributed by atoms with E-state index in [-0.39, 0.29) is 6.03 Å². The Balaban J connectivity index is 1.46. The summed E-state index contributed by atoms with van der Waals surface area (Å²) in [6.45, 7) is 4.42. The number of rotatable bonds is 3. The minimum Gasteiger partial charge on any atom is -0.331 e. The number of para-hydroxylation sites is 2. The lowest BCUT2D eigenvalue weighted by Crippen LogP contribution is -2.41. The highest BCUT2D eigenvalue weighted by Crippen LogP contribution is 2.38. The monoisotopic (exact) mass is 344 g/mol. The largest absolute Gasteiger partial charge is 0.331 e. The number of urea groups is 1. The molecule has 1 aromatic carbocycles. The maximum absolute atomic E-state index is 12.5. The smallest absolute Gasteiger partial charge is 0.317 e. The van der Waals surface area contributed by atoms with Gasteiger partial charge in [-0.2, -0.15) is 11.8 Å². The maximum Gasteiger partial charge on any atom is 0.317 e. The van der Waals surface area contributed by atoms with Gasteiger partial charge in [0.2, 0.25) is 0 Å². The van der Waals surface area contributed by atoms with Crippen molar-refractivity contribution in [1.82, 2.24) is 19.8 Å². The van der Waals surface area contributed by atoms with Crippen molar-refractivity contribution in [3.05, 3.63) is 30.1 Å². The third-order valence-corrected chi connectivity index (χ3v) is 6.06. The highest BCUT2D eigenvalue weighted by atomic mass is 32.2. The van der Waals surface area contributed by atoms with E-state index in [0.717, 1.165) is 36.6 Å². The number of hydrogen-bond acceptors (Lipinski definition) is 3. The Labute approximate surface area is 146 Å². The number of imidazole rings is 1. The highest BCUT2D eigenvalue weighted by Gasteiger charge is 2.28. The zero-order chi connectivity index (χ0) is 16.5. The van der Waals surface area contributed by atoms with Crippen molar-refractivity contribution in [2.75, 3.05) is 18.8 Å². The minimum atomic E-state index is 0.0408. The number of amides is 2. The first kappa shape index (κ1) is 15.8. The van der Waals surface area contributed by atoms with Crippen molar-refractivity contribution < 1.29 is 4.79 Å². The quantitative estimate of drug-likeness (QED) is 0.928. The van der Waals surface area contributed by atoms with Gasteiger partial charge < -0.3 is 14.8 Å². The third-order valence-electron chi connectivity index (χ3n) is 4.83. The summed E-state index contributed by atoms with van der Waals surface area (Å²) in [5.74, 6) is 2.00. The standard InChI is InChI=1S/C18H24N4OS/c1-13-8-9-21(10-11-24-13)18(23)19-12-17-20-15-4-2-3-5-16(15)22(17)14-6-7-14/h2-5,13-14H,6-12H2,1H3,(H,19,23)/t13-/m0/s1. The minimum absolute atomic E-state index is 0.0408. The molecule has 4 rings (SSSR count). The van der Waals surface area contributed by atoms with E-state index in [1.807, 2.05) is 28.8 Å². The van der Waals surface area contributed by atoms with Crippen LogP contribution >= 0.6 is 11.8 Å². The maximum atomic E-state index is 12.5. The molecular formula is C18H24N4OS. The van der Waals surface area contributed by atoms with Gasteiger partial charge in [-0.05, 0) is 31.4 Å². The third kappa shape index (κ3) is 3.24. The van der Waals surface area contributed by atoms with E-state index in [0.29, 0.717) is 17.8 Å². The fourth-order valence-electron chi connectivity index (χ4n) is 3.33. The van der Waals surface area contributed by atoms with Crippen LogP contribution in [0.3, 0.4) is 0 Å². The summed E-state index contributed by atoms with van der Waals surface area (Å²) in [6.07, 6.45) is 3.49. The topological polar surface area (TPSA) is 50.2 Å². The van der Waals surface area contributed by atoms with Crippen molar-refractivity contribution in [1.29, 1.82) is 0 Å². The van der Waals surface area contributed by atoms with Gasteiger partial charge in [-0.1, -0.05) is 19.1 Å². The molecule has 2 fully saturated rings. The second-order valence-electron chi connectivity index (χ2n) is 6.73. The van der Waals surface area contributed by atoms with Gasteiger partial charge in [0.25, 0.3) is 0 Å². The van der Waals surface area contributed by atoms with Crippen LogP contribution in [-0.2, 0) is 6.54 Å². The molecular weight excluding hydrogens is 320 g/mol. The number of nitrogens with one attached hydrogen (secondary N) is 1. The van der Waals surface area contributed by atoms with E-state index >= 15 is 0 Å². The van der Waals surface area contributed by atoms with Crippen LogP contribution in [0, 0.1) is 0 Å². The van der Waals surface area contributed by atoms with E-state index in [2.05, 4.69) is 28.9 Å². The molecule has 1 aromatic heterocycles. The molecule has 2 aromatic rings. The van der Waals surface area contributed by atoms with E-state index in [4.69, 9.17) is 4.98 Å². The van der Waals surface area contributed by atoms with Crippen LogP contribution in [0.15, 0.2) is 24.3 Å². The van der Waals surface area contributed by atoms with Crippen LogP contribution in [0.2, 0.25) is 0 Å². The van der Waals surface area contributed by atoms with Crippen LogP contribution in [0.4, 0.5) is 4.79 Å². The molecule has 1 saturated heterocycles. The zero-order valence-electron chi connectivity index (χ0n) is 14.1. The van der Waals surface area contributed by atoms with Crippen molar-refractivity contribution in [3.8, 4) is 0 Å². The second kappa shape index (κ2) is 6.67. The molecule has 1 aliphatic heterocycles. The lowest BCUT2D eigenvalue weighted by atomic mass is 10.3. The van der Waals surface area contributed by atoms with Gasteiger partial charge in [-0.25, -0.2) is 9.78 Å². The SMILES string of the molecule is C[C@H]1CCN(C(=O)NCc2nc3ccccc3n2C2CC2)CCS1. The first-order chi connectivity index (χ1) is 11.7. The van der Waals surface area contributed by atoms with Gasteiger partial charge in [-0.15, -0.1) is 0 Å². The molecule has 2 amide bonds. The number of benzene rings is 1. The van der Waals surface area contributed by atoms with Gasteiger partial charge in [0, 0.05) is 30.1 Å². The van der Waals surface area contributed by atoms with E-state index < -0.39 is 0 Å². The van der Waals surface area contributed by atoms with Crippen LogP contribution in [0.5, 0.6) is 0 Å². The molecule has 0 unspecified atom stereocenters. The Morgan fingerprint density at radius 1 is 1.29 bits per heavy atom. The Bertz CT molecular complexity index is 740. The number of thioether (sulfide) groups is 1. The van der Waals surface area contributed by atoms with E-state index in [1.54, 1.807) is 0 Å². The number of aromatic nitrogens is 2. The lowest BCUT2D eigenvalue weighted by molar-refractivity contribution is 0.200. The molecule has 1 aliphatic carbocycles. The van der Waals surface area contributed by atoms with Crippen LogP contribution in [0.1, 0.15) is 38.1 Å². The normalized spacial score (nSPS) is 21.7. The zero-order valence-corrected chi connectivity index (χ0v) is 14.9. The van der Waals surface area contributed by atoms with Crippen molar-refractivity contribution in [2.45, 2.75) is 44.0 Å². The van der Waals surface area contributed by atoms with E-state index in [1.165, 1.54) is 18.4 Å². The van der Waals surface area contributed by atoms with Crippen LogP contribution in [0.25, 0.3) is 11.0 Å². The fourth-order valence-corrected chi connectivity index (χ4v) is 4.33. The predicted molar refractivity (Wildman–Crippen MR) is 98.3 cm³/mol. The van der Waals surface area contributed by atoms with Crippen molar-refractivity contribution >= 4 is 28.8 Å². The van der Waals surface area contributed by atoms with Crippen molar-refractivity contribution in [2.24, 2.45) is 0 Å². The summed E-state index contributed by atoms with van der Waals surface area (Å²) in [7, 11) is 0. The summed E-state index contributed by atoms with van der Waals surface area (Å²) >= 11 is 1.95. The van der Waals surface area contributed by atoms with Gasteiger partial charge >= 0.3 is 6.03 Å². The molecule has 128 valence electrons. The first-order valence-corrected chi connectivity index (χ1v) is 9.87. The summed E-state index contributed by atoms with van der Waals surface area (Å²) in [5.41, 5.74) is 2.21. The molecule has 1 atom stereocenters. The number of nitrogens with zero attached hydrogens (tertiary/aromatic N) is 3. The Morgan fingerprint density at radius 3 is 2.96 bits per heavy atom. The number of hydrogen-bond donors (Lipinski definition) is 1. The summed E-state index contributed by atoms with van der Waals surface area (Å²) in [4.78, 5) is 19.2. The van der Waals surface area contributed by atoms with Crippen LogP contribution in [-0.4, -0.2) is 44.6 Å². The molecule has 1 N–H and O–H groups in total. The van der Waals surface area contributed by atoms with Crippen molar-refractivity contribution in [3.63, 3.8) is 0 Å². The predicted octanol–water partition coefficient (Wildman–Crippen LogP) is 3.41. The molecule has 0 radical (unpaired) electrons. The summed E-state index contributed by atoms with van der Waals surface area (Å²) in [6, 6.07) is 8.84. The fraction of sp³-hybridized carbons (Fsp3) is 0.556. The Morgan fingerprint density at radius 2 is 2.12 bits per heavy atom. The molecule has 5 nitrogen and oxygen atoms in total. The lowest BCUT2D eigenvalue weighted by Gasteiger charge is -2.20. The molecule has 1 saturated carbocycles. The summed E-state index contributed by atoms with van der Waals surface area (Å²) < 4.78 is 2.32. The number of fused-ring (bicyclic) bond motifs is 1. The molecule has 2 heterocycles. The molecule has 0 bridgehead atoms. The van der Waals surface area contributed by atoms with Gasteiger partial charge in [0.1, 0.15) is 5.82 Å². The number of carbonyl (C=O) groups excluding carboxylic acids is 1. The molecule has 6 heteroatoms. The first-order valence-electron chi connectivity index (χ1n) is 8.82. The molecule has 2 aliphatic rings. The summed E-state index contributed by atoms with van der Waals surface area (Å²) in [5, 5.41) is 3.73. The van der Waals surface area contributed by atoms with Gasteiger partial charge in [-0.3, -0.25) is 0 Å². The number of carbonyl (C=O) groups is 1. The highest BCUT2D eigenvalue weighted by molar-refractivity contribution is 7.99. The Kier molecular flexibility index (Phi) is 4.39.